The van der Waals surface area contributed by atoms with E-state index < -0.39 is 0 Å². The highest BCUT2D eigenvalue weighted by Gasteiger charge is 2.22. The van der Waals surface area contributed by atoms with E-state index in [1.807, 2.05) is 6.92 Å². The lowest BCUT2D eigenvalue weighted by atomic mass is 9.97. The standard InChI is InChI=1S/C14H22ClN3O/c1-4-12-16-13(15)10(2)14(17-12)18-7-5-11(6-8-18)9-19-3/h11H,4-9H2,1-3H3. The second-order valence-corrected chi connectivity index (χ2v) is 5.48. The number of methoxy groups -OCH3 is 1. The number of nitrogens with zero attached hydrogens (tertiary/aromatic N) is 3. The summed E-state index contributed by atoms with van der Waals surface area (Å²) in [4.78, 5) is 11.3. The molecule has 2 rings (SSSR count). The van der Waals surface area contributed by atoms with Crippen molar-refractivity contribution in [3.8, 4) is 0 Å². The molecule has 19 heavy (non-hydrogen) atoms. The van der Waals surface area contributed by atoms with Crippen molar-refractivity contribution in [2.75, 3.05) is 31.7 Å². The lowest BCUT2D eigenvalue weighted by Gasteiger charge is -2.33. The van der Waals surface area contributed by atoms with Crippen LogP contribution in [0.15, 0.2) is 0 Å². The highest BCUT2D eigenvalue weighted by Crippen LogP contribution is 2.27. The highest BCUT2D eigenvalue weighted by atomic mass is 35.5. The Balaban J connectivity index is 2.12. The molecule has 4 nitrogen and oxygen atoms in total. The van der Waals surface area contributed by atoms with Crippen LogP contribution in [0.2, 0.25) is 5.15 Å². The molecule has 0 amide bonds. The van der Waals surface area contributed by atoms with Crippen molar-refractivity contribution in [1.82, 2.24) is 9.97 Å². The number of ether oxygens (including phenoxy) is 1. The largest absolute Gasteiger partial charge is 0.384 e. The molecule has 2 heterocycles. The van der Waals surface area contributed by atoms with Crippen LogP contribution in [0.25, 0.3) is 0 Å². The van der Waals surface area contributed by atoms with Crippen molar-refractivity contribution >= 4 is 17.4 Å². The van der Waals surface area contributed by atoms with Crippen LogP contribution in [0.3, 0.4) is 0 Å². The van der Waals surface area contributed by atoms with E-state index in [2.05, 4.69) is 21.8 Å². The van der Waals surface area contributed by atoms with Crippen LogP contribution in [0.5, 0.6) is 0 Å². The fourth-order valence-corrected chi connectivity index (χ4v) is 2.72. The summed E-state index contributed by atoms with van der Waals surface area (Å²) in [7, 11) is 1.77. The summed E-state index contributed by atoms with van der Waals surface area (Å²) < 4.78 is 5.24. The molecule has 1 aliphatic rings. The van der Waals surface area contributed by atoms with E-state index in [9.17, 15) is 0 Å². The molecular formula is C14H22ClN3O. The van der Waals surface area contributed by atoms with Gasteiger partial charge < -0.3 is 9.64 Å². The van der Waals surface area contributed by atoms with Crippen molar-refractivity contribution < 1.29 is 4.74 Å². The van der Waals surface area contributed by atoms with E-state index in [0.717, 1.165) is 56.2 Å². The molecule has 0 saturated carbocycles. The van der Waals surface area contributed by atoms with E-state index in [4.69, 9.17) is 16.3 Å². The molecule has 0 radical (unpaired) electrons. The first-order valence-electron chi connectivity index (χ1n) is 6.92. The zero-order valence-corrected chi connectivity index (χ0v) is 12.7. The minimum atomic E-state index is 0.584. The van der Waals surface area contributed by atoms with E-state index >= 15 is 0 Å². The molecule has 0 aromatic carbocycles. The van der Waals surface area contributed by atoms with Gasteiger partial charge in [0.2, 0.25) is 0 Å². The van der Waals surface area contributed by atoms with Crippen molar-refractivity contribution in [1.29, 1.82) is 0 Å². The summed E-state index contributed by atoms with van der Waals surface area (Å²) in [5, 5.41) is 0.584. The molecule has 1 saturated heterocycles. The number of halogens is 1. The molecule has 1 aromatic heterocycles. The van der Waals surface area contributed by atoms with Gasteiger partial charge in [-0.3, -0.25) is 0 Å². The van der Waals surface area contributed by atoms with Gasteiger partial charge in [0.05, 0.1) is 0 Å². The maximum absolute atomic E-state index is 6.20. The van der Waals surface area contributed by atoms with Crippen LogP contribution < -0.4 is 4.90 Å². The van der Waals surface area contributed by atoms with Crippen LogP contribution in [-0.4, -0.2) is 36.8 Å². The number of aromatic nitrogens is 2. The lowest BCUT2D eigenvalue weighted by Crippen LogP contribution is -2.36. The first kappa shape index (κ1) is 14.5. The summed E-state index contributed by atoms with van der Waals surface area (Å²) in [5.74, 6) is 2.50. The second-order valence-electron chi connectivity index (χ2n) is 5.12. The van der Waals surface area contributed by atoms with Gasteiger partial charge >= 0.3 is 0 Å². The number of hydrogen-bond donors (Lipinski definition) is 0. The molecule has 1 fully saturated rings. The summed E-state index contributed by atoms with van der Waals surface area (Å²) in [5.41, 5.74) is 0.990. The average molecular weight is 284 g/mol. The van der Waals surface area contributed by atoms with Gasteiger partial charge in [-0.05, 0) is 25.7 Å². The van der Waals surface area contributed by atoms with Gasteiger partial charge in [0, 0.05) is 38.8 Å². The SMILES string of the molecule is CCc1nc(Cl)c(C)c(N2CCC(COC)CC2)n1. The van der Waals surface area contributed by atoms with Crippen LogP contribution in [0.4, 0.5) is 5.82 Å². The average Bonchev–Trinajstić information content (AvgIpc) is 2.43. The zero-order valence-electron chi connectivity index (χ0n) is 11.9. The molecule has 1 aromatic rings. The summed E-state index contributed by atoms with van der Waals surface area (Å²) in [6.07, 6.45) is 3.11. The molecule has 0 N–H and O–H groups in total. The number of hydrogen-bond acceptors (Lipinski definition) is 4. The number of rotatable bonds is 4. The number of piperidine rings is 1. The summed E-state index contributed by atoms with van der Waals surface area (Å²) >= 11 is 6.20. The highest BCUT2D eigenvalue weighted by molar-refractivity contribution is 6.30. The van der Waals surface area contributed by atoms with Crippen LogP contribution >= 0.6 is 11.6 Å². The van der Waals surface area contributed by atoms with Crippen molar-refractivity contribution in [3.63, 3.8) is 0 Å². The maximum Gasteiger partial charge on any atom is 0.137 e. The molecule has 0 bridgehead atoms. The molecule has 0 atom stereocenters. The maximum atomic E-state index is 6.20. The topological polar surface area (TPSA) is 38.2 Å². The Morgan fingerprint density at radius 1 is 1.32 bits per heavy atom. The van der Waals surface area contributed by atoms with Crippen LogP contribution in [0.1, 0.15) is 31.2 Å². The predicted molar refractivity (Wildman–Crippen MR) is 78.0 cm³/mol. The molecular weight excluding hydrogens is 262 g/mol. The Morgan fingerprint density at radius 3 is 2.58 bits per heavy atom. The van der Waals surface area contributed by atoms with Gasteiger partial charge in [0.1, 0.15) is 16.8 Å². The zero-order chi connectivity index (χ0) is 13.8. The number of anilines is 1. The fraction of sp³-hybridized carbons (Fsp3) is 0.714. The van der Waals surface area contributed by atoms with Gasteiger partial charge in [-0.2, -0.15) is 0 Å². The van der Waals surface area contributed by atoms with Gasteiger partial charge in [0.15, 0.2) is 0 Å². The third-order valence-electron chi connectivity index (χ3n) is 3.74. The Morgan fingerprint density at radius 2 is 2.00 bits per heavy atom. The van der Waals surface area contributed by atoms with Gasteiger partial charge in [-0.25, -0.2) is 9.97 Å². The predicted octanol–water partition coefficient (Wildman–Crippen LogP) is 2.86. The third-order valence-corrected chi connectivity index (χ3v) is 4.11. The van der Waals surface area contributed by atoms with Gasteiger partial charge in [-0.15, -0.1) is 0 Å². The molecule has 0 aliphatic carbocycles. The smallest absolute Gasteiger partial charge is 0.137 e. The van der Waals surface area contributed by atoms with E-state index in [0.29, 0.717) is 11.1 Å². The van der Waals surface area contributed by atoms with Gasteiger partial charge in [-0.1, -0.05) is 18.5 Å². The third kappa shape index (κ3) is 3.37. The first-order chi connectivity index (χ1) is 9.15. The van der Waals surface area contributed by atoms with Crippen molar-refractivity contribution in [2.45, 2.75) is 33.1 Å². The second kappa shape index (κ2) is 6.53. The van der Waals surface area contributed by atoms with E-state index in [1.54, 1.807) is 7.11 Å². The molecule has 0 spiro atoms. The van der Waals surface area contributed by atoms with Crippen LogP contribution in [-0.2, 0) is 11.2 Å². The Kier molecular flexibility index (Phi) is 4.99. The minimum Gasteiger partial charge on any atom is -0.384 e. The normalized spacial score (nSPS) is 16.9. The van der Waals surface area contributed by atoms with Crippen LogP contribution in [0, 0.1) is 12.8 Å². The molecule has 0 unspecified atom stereocenters. The Hall–Kier alpha value is -0.870. The monoisotopic (exact) mass is 283 g/mol. The quantitative estimate of drug-likeness (QED) is 0.797. The Labute approximate surface area is 120 Å². The summed E-state index contributed by atoms with van der Waals surface area (Å²) in [6.45, 7) is 6.95. The van der Waals surface area contributed by atoms with Crippen molar-refractivity contribution in [3.05, 3.63) is 16.5 Å². The summed E-state index contributed by atoms with van der Waals surface area (Å²) in [6, 6.07) is 0. The minimum absolute atomic E-state index is 0.584. The lowest BCUT2D eigenvalue weighted by molar-refractivity contribution is 0.139. The first-order valence-corrected chi connectivity index (χ1v) is 7.30. The molecule has 106 valence electrons. The van der Waals surface area contributed by atoms with Gasteiger partial charge in [0.25, 0.3) is 0 Å². The fourth-order valence-electron chi connectivity index (χ4n) is 2.53. The number of aryl methyl sites for hydroxylation is 1. The van der Waals surface area contributed by atoms with Crippen molar-refractivity contribution in [2.24, 2.45) is 5.92 Å². The molecule has 1 aliphatic heterocycles. The molecule has 5 heteroatoms. The van der Waals surface area contributed by atoms with E-state index in [1.165, 1.54) is 0 Å². The Bertz CT molecular complexity index is 431. The van der Waals surface area contributed by atoms with E-state index in [-0.39, 0.29) is 0 Å².